The number of amides is 2. The molecule has 0 saturated carbocycles. The Morgan fingerprint density at radius 1 is 1.03 bits per heavy atom. The molecule has 2 amide bonds. The molecule has 2 aromatic carbocycles. The van der Waals surface area contributed by atoms with Crippen molar-refractivity contribution in [1.29, 1.82) is 0 Å². The highest BCUT2D eigenvalue weighted by Gasteiger charge is 2.31. The number of nitrogens with one attached hydrogen (secondary N) is 1. The minimum atomic E-state index is -3.73. The highest BCUT2D eigenvalue weighted by Crippen LogP contribution is 2.20. The fourth-order valence-corrected chi connectivity index (χ4v) is 4.36. The fraction of sp³-hybridized carbons (Fsp3) is 0.440. The zero-order valence-corrected chi connectivity index (χ0v) is 20.9. The monoisotopic (exact) mass is 473 g/mol. The molecule has 0 radical (unpaired) electrons. The Kier molecular flexibility index (Phi) is 9.46. The average Bonchev–Trinajstić information content (AvgIpc) is 2.75. The van der Waals surface area contributed by atoms with E-state index in [0.717, 1.165) is 21.7 Å². The summed E-state index contributed by atoms with van der Waals surface area (Å²) >= 11 is 0. The average molecular weight is 474 g/mol. The first-order chi connectivity index (χ1) is 15.5. The summed E-state index contributed by atoms with van der Waals surface area (Å²) in [5, 5.41) is 2.91. The van der Waals surface area contributed by atoms with Crippen molar-refractivity contribution >= 4 is 27.5 Å². The lowest BCUT2D eigenvalue weighted by Crippen LogP contribution is -2.52. The number of carbonyl (C=O) groups is 2. The minimum Gasteiger partial charge on any atom is -0.354 e. The Morgan fingerprint density at radius 2 is 1.70 bits per heavy atom. The first-order valence-corrected chi connectivity index (χ1v) is 13.0. The molecule has 180 valence electrons. The number of rotatable bonds is 11. The number of carbonyl (C=O) groups excluding carboxylic acids is 2. The molecule has 0 aliphatic carbocycles. The molecule has 8 heteroatoms. The molecule has 2 rings (SSSR count). The van der Waals surface area contributed by atoms with Gasteiger partial charge in [-0.15, -0.1) is 0 Å². The lowest BCUT2D eigenvalue weighted by molar-refractivity contribution is -0.140. The Labute approximate surface area is 197 Å². The number of aryl methyl sites for hydroxylation is 1. The van der Waals surface area contributed by atoms with E-state index in [-0.39, 0.29) is 24.9 Å². The summed E-state index contributed by atoms with van der Waals surface area (Å²) in [6.45, 7) is 8.03. The van der Waals surface area contributed by atoms with E-state index >= 15 is 0 Å². The van der Waals surface area contributed by atoms with E-state index < -0.39 is 22.0 Å². The van der Waals surface area contributed by atoms with E-state index in [1.807, 2.05) is 64.1 Å². The van der Waals surface area contributed by atoms with Gasteiger partial charge in [0.05, 0.1) is 11.9 Å². The molecular formula is C25H35N3O4S. The van der Waals surface area contributed by atoms with Gasteiger partial charge in [0.25, 0.3) is 0 Å². The third-order valence-corrected chi connectivity index (χ3v) is 6.38. The van der Waals surface area contributed by atoms with E-state index in [0.29, 0.717) is 18.7 Å². The molecule has 33 heavy (non-hydrogen) atoms. The number of anilines is 1. The standard InChI is InChI=1S/C25H35N3O4S/c1-6-23(25(30)26-16-19(2)3)27(17-21-12-8-7-9-13-21)24(29)18-28(33(5,31)32)22-14-10-11-20(4)15-22/h7-15,19,23H,6,16-18H2,1-5H3,(H,26,30). The van der Waals surface area contributed by atoms with Gasteiger partial charge >= 0.3 is 0 Å². The fourth-order valence-electron chi connectivity index (χ4n) is 3.52. The third kappa shape index (κ3) is 7.89. The summed E-state index contributed by atoms with van der Waals surface area (Å²) in [5.41, 5.74) is 2.17. The maximum absolute atomic E-state index is 13.5. The molecule has 0 fully saturated rings. The number of sulfonamides is 1. The lowest BCUT2D eigenvalue weighted by Gasteiger charge is -2.33. The zero-order chi connectivity index (χ0) is 24.6. The van der Waals surface area contributed by atoms with Crippen LogP contribution in [0, 0.1) is 12.8 Å². The van der Waals surface area contributed by atoms with Crippen LogP contribution in [0.2, 0.25) is 0 Å². The summed E-state index contributed by atoms with van der Waals surface area (Å²) in [6.07, 6.45) is 1.49. The molecule has 2 aromatic rings. The summed E-state index contributed by atoms with van der Waals surface area (Å²) in [5.74, 6) is -0.402. The largest absolute Gasteiger partial charge is 0.354 e. The van der Waals surface area contributed by atoms with Crippen molar-refractivity contribution in [3.63, 3.8) is 0 Å². The van der Waals surface area contributed by atoms with Crippen molar-refractivity contribution in [2.75, 3.05) is 23.7 Å². The van der Waals surface area contributed by atoms with Gasteiger partial charge in [0.2, 0.25) is 21.8 Å². The van der Waals surface area contributed by atoms with E-state index in [9.17, 15) is 18.0 Å². The molecule has 0 bridgehead atoms. The first kappa shape index (κ1) is 26.4. The number of hydrogen-bond donors (Lipinski definition) is 1. The Balaban J connectivity index is 2.39. The molecule has 0 aliphatic heterocycles. The van der Waals surface area contributed by atoms with Crippen molar-refractivity contribution in [3.05, 3.63) is 65.7 Å². The predicted octanol–water partition coefficient (Wildman–Crippen LogP) is 3.34. The van der Waals surface area contributed by atoms with Gasteiger partial charge < -0.3 is 10.2 Å². The van der Waals surface area contributed by atoms with Crippen LogP contribution in [-0.4, -0.2) is 50.5 Å². The summed E-state index contributed by atoms with van der Waals surface area (Å²) in [7, 11) is -3.73. The van der Waals surface area contributed by atoms with Crippen LogP contribution in [0.3, 0.4) is 0 Å². The second-order valence-corrected chi connectivity index (χ2v) is 10.6. The molecule has 0 aromatic heterocycles. The molecule has 0 spiro atoms. The van der Waals surface area contributed by atoms with E-state index in [1.54, 1.807) is 18.2 Å². The molecule has 7 nitrogen and oxygen atoms in total. The molecule has 0 aliphatic rings. The number of benzene rings is 2. The van der Waals surface area contributed by atoms with Gasteiger partial charge in [-0.2, -0.15) is 0 Å². The second kappa shape index (κ2) is 11.8. The maximum atomic E-state index is 13.5. The Morgan fingerprint density at radius 3 is 2.24 bits per heavy atom. The Bertz CT molecular complexity index is 1040. The van der Waals surface area contributed by atoms with Crippen LogP contribution in [0.15, 0.2) is 54.6 Å². The Hall–Kier alpha value is -2.87. The van der Waals surface area contributed by atoms with E-state index in [1.165, 1.54) is 4.90 Å². The maximum Gasteiger partial charge on any atom is 0.244 e. The third-order valence-electron chi connectivity index (χ3n) is 5.24. The van der Waals surface area contributed by atoms with Crippen LogP contribution in [0.25, 0.3) is 0 Å². The molecular weight excluding hydrogens is 438 g/mol. The van der Waals surface area contributed by atoms with Gasteiger partial charge in [0.1, 0.15) is 12.6 Å². The lowest BCUT2D eigenvalue weighted by atomic mass is 10.1. The molecule has 1 atom stereocenters. The van der Waals surface area contributed by atoms with Gasteiger partial charge in [-0.05, 0) is 42.5 Å². The van der Waals surface area contributed by atoms with E-state index in [4.69, 9.17) is 0 Å². The normalized spacial score (nSPS) is 12.3. The first-order valence-electron chi connectivity index (χ1n) is 11.2. The second-order valence-electron chi connectivity index (χ2n) is 8.68. The van der Waals surface area contributed by atoms with Crippen molar-refractivity contribution in [2.45, 2.75) is 46.7 Å². The van der Waals surface area contributed by atoms with Crippen molar-refractivity contribution in [1.82, 2.24) is 10.2 Å². The SMILES string of the molecule is CCC(C(=O)NCC(C)C)N(Cc1ccccc1)C(=O)CN(c1cccc(C)c1)S(C)(=O)=O. The topological polar surface area (TPSA) is 86.8 Å². The van der Waals surface area contributed by atoms with Gasteiger partial charge in [-0.3, -0.25) is 13.9 Å². The van der Waals surface area contributed by atoms with Gasteiger partial charge in [-0.1, -0.05) is 63.2 Å². The summed E-state index contributed by atoms with van der Waals surface area (Å²) in [4.78, 5) is 28.0. The number of nitrogens with zero attached hydrogens (tertiary/aromatic N) is 2. The van der Waals surface area contributed by atoms with Crippen molar-refractivity contribution in [3.8, 4) is 0 Å². The molecule has 0 heterocycles. The van der Waals surface area contributed by atoms with Crippen LogP contribution in [0.5, 0.6) is 0 Å². The van der Waals surface area contributed by atoms with Gasteiger partial charge in [0, 0.05) is 13.1 Å². The smallest absolute Gasteiger partial charge is 0.244 e. The molecule has 1 unspecified atom stereocenters. The van der Waals surface area contributed by atoms with Crippen LogP contribution in [0.4, 0.5) is 5.69 Å². The molecule has 0 saturated heterocycles. The highest BCUT2D eigenvalue weighted by molar-refractivity contribution is 7.92. The minimum absolute atomic E-state index is 0.207. The van der Waals surface area contributed by atoms with E-state index in [2.05, 4.69) is 5.32 Å². The quantitative estimate of drug-likeness (QED) is 0.542. The predicted molar refractivity (Wildman–Crippen MR) is 132 cm³/mol. The van der Waals surface area contributed by atoms with Crippen LogP contribution in [-0.2, 0) is 26.2 Å². The van der Waals surface area contributed by atoms with Gasteiger partial charge in [-0.25, -0.2) is 8.42 Å². The van der Waals surface area contributed by atoms with Crippen LogP contribution >= 0.6 is 0 Å². The highest BCUT2D eigenvalue weighted by atomic mass is 32.2. The summed E-state index contributed by atoms with van der Waals surface area (Å²) < 4.78 is 26.3. The van der Waals surface area contributed by atoms with Gasteiger partial charge in [0.15, 0.2) is 0 Å². The van der Waals surface area contributed by atoms with Crippen LogP contribution in [0.1, 0.15) is 38.3 Å². The summed E-state index contributed by atoms with van der Waals surface area (Å²) in [6, 6.07) is 15.7. The number of hydrogen-bond acceptors (Lipinski definition) is 4. The van der Waals surface area contributed by atoms with Crippen LogP contribution < -0.4 is 9.62 Å². The molecule has 1 N–H and O–H groups in total. The zero-order valence-electron chi connectivity index (χ0n) is 20.1. The van der Waals surface area contributed by atoms with Crippen molar-refractivity contribution in [2.24, 2.45) is 5.92 Å². The van der Waals surface area contributed by atoms with Crippen molar-refractivity contribution < 1.29 is 18.0 Å².